The molecule has 7 nitrogen and oxygen atoms in total. The third kappa shape index (κ3) is 2.44. The Hall–Kier alpha value is -2.14. The third-order valence-electron chi connectivity index (χ3n) is 2.31. The number of hydrogen-bond donors (Lipinski definition) is 2. The second kappa shape index (κ2) is 4.76. The number of rotatable bonds is 3. The summed E-state index contributed by atoms with van der Waals surface area (Å²) in [6, 6.07) is -0.157. The summed E-state index contributed by atoms with van der Waals surface area (Å²) in [5.74, 6) is -6.22. The molecule has 1 aliphatic rings. The van der Waals surface area contributed by atoms with E-state index in [0.717, 1.165) is 0 Å². The Morgan fingerprint density at radius 2 is 1.80 bits per heavy atom. The van der Waals surface area contributed by atoms with Crippen LogP contribution in [0.25, 0.3) is 0 Å². The summed E-state index contributed by atoms with van der Waals surface area (Å²) in [5, 5.41) is 2.13. The quantitative estimate of drug-likeness (QED) is 0.599. The van der Waals surface area contributed by atoms with Crippen LogP contribution in [0.15, 0.2) is 17.0 Å². The van der Waals surface area contributed by atoms with Gasteiger partial charge in [-0.3, -0.25) is 10.1 Å². The maximum Gasteiger partial charge on any atom is 0.339 e. The van der Waals surface area contributed by atoms with Crippen LogP contribution in [0.5, 0.6) is 0 Å². The monoisotopic (exact) mass is 309 g/mol. The number of nitrogens with one attached hydrogen (secondary N) is 2. The fraction of sp³-hybridized carbons (Fsp3) is 0.111. The van der Waals surface area contributed by atoms with Gasteiger partial charge in [-0.05, 0) is 12.1 Å². The Kier molecular flexibility index (Phi) is 3.39. The molecule has 11 heteroatoms. The van der Waals surface area contributed by atoms with Gasteiger partial charge in [-0.15, -0.1) is 4.83 Å². The lowest BCUT2D eigenvalue weighted by Gasteiger charge is -2.15. The van der Waals surface area contributed by atoms with Crippen molar-refractivity contribution in [2.45, 2.75) is 4.90 Å². The molecular formula is C9H6F3N3O4S. The zero-order valence-corrected chi connectivity index (χ0v) is 10.3. The van der Waals surface area contributed by atoms with Gasteiger partial charge in [0.15, 0.2) is 17.5 Å². The Balaban J connectivity index is 2.34. The number of imide groups is 1. The van der Waals surface area contributed by atoms with Crippen molar-refractivity contribution in [1.82, 2.24) is 15.2 Å². The summed E-state index contributed by atoms with van der Waals surface area (Å²) in [6.07, 6.45) is 0. The molecular weight excluding hydrogens is 303 g/mol. The smallest absolute Gasteiger partial charge is 0.275 e. The highest BCUT2D eigenvalue weighted by Crippen LogP contribution is 2.19. The van der Waals surface area contributed by atoms with Crippen LogP contribution in [0.4, 0.5) is 18.0 Å². The lowest BCUT2D eigenvalue weighted by Crippen LogP contribution is -2.44. The fourth-order valence-corrected chi connectivity index (χ4v) is 2.53. The maximum absolute atomic E-state index is 13.4. The third-order valence-corrected chi connectivity index (χ3v) is 3.67. The first-order chi connectivity index (χ1) is 9.22. The van der Waals surface area contributed by atoms with E-state index in [1.54, 1.807) is 10.1 Å². The van der Waals surface area contributed by atoms with E-state index in [9.17, 15) is 31.2 Å². The number of hydrogen-bond acceptors (Lipinski definition) is 4. The minimum absolute atomic E-state index is 0.359. The Bertz CT molecular complexity index is 707. The fourth-order valence-electron chi connectivity index (χ4n) is 1.43. The molecule has 0 spiro atoms. The molecule has 0 bridgehead atoms. The number of carbonyl (C=O) groups is 2. The number of amides is 3. The SMILES string of the molecule is O=C1CN(NS(=O)(=O)c2ccc(F)c(F)c2F)C(=O)N1. The number of carbonyl (C=O) groups excluding carboxylic acids is 2. The first-order valence-electron chi connectivity index (χ1n) is 4.99. The van der Waals surface area contributed by atoms with Crippen molar-refractivity contribution in [3.05, 3.63) is 29.6 Å². The summed E-state index contributed by atoms with van der Waals surface area (Å²) < 4.78 is 62.6. The van der Waals surface area contributed by atoms with Crippen LogP contribution < -0.4 is 10.1 Å². The van der Waals surface area contributed by atoms with Gasteiger partial charge >= 0.3 is 6.03 Å². The van der Waals surface area contributed by atoms with E-state index in [4.69, 9.17) is 0 Å². The highest BCUT2D eigenvalue weighted by molar-refractivity contribution is 7.89. The second-order valence-corrected chi connectivity index (χ2v) is 5.34. The van der Waals surface area contributed by atoms with Crippen molar-refractivity contribution in [2.75, 3.05) is 6.54 Å². The molecule has 108 valence electrons. The zero-order chi connectivity index (χ0) is 15.1. The van der Waals surface area contributed by atoms with Gasteiger partial charge in [0.05, 0.1) is 0 Å². The van der Waals surface area contributed by atoms with Crippen molar-refractivity contribution in [2.24, 2.45) is 0 Å². The van der Waals surface area contributed by atoms with E-state index in [1.165, 1.54) is 0 Å². The van der Waals surface area contributed by atoms with Gasteiger partial charge in [0.2, 0.25) is 5.91 Å². The highest BCUT2D eigenvalue weighted by Gasteiger charge is 2.33. The predicted octanol–water partition coefficient (Wildman–Crippen LogP) is -0.151. The van der Waals surface area contributed by atoms with Crippen LogP contribution >= 0.6 is 0 Å². The van der Waals surface area contributed by atoms with Gasteiger partial charge in [-0.25, -0.2) is 31.4 Å². The molecule has 3 amide bonds. The number of halogens is 3. The Morgan fingerprint density at radius 1 is 1.15 bits per heavy atom. The lowest BCUT2D eigenvalue weighted by atomic mass is 10.3. The highest BCUT2D eigenvalue weighted by atomic mass is 32.2. The van der Waals surface area contributed by atoms with Gasteiger partial charge < -0.3 is 0 Å². The van der Waals surface area contributed by atoms with Crippen LogP contribution in [0, 0.1) is 17.5 Å². The first-order valence-corrected chi connectivity index (χ1v) is 6.48. The molecule has 0 saturated carbocycles. The molecule has 1 fully saturated rings. The largest absolute Gasteiger partial charge is 0.339 e. The number of urea groups is 1. The van der Waals surface area contributed by atoms with Crippen molar-refractivity contribution in [3.63, 3.8) is 0 Å². The molecule has 1 aliphatic heterocycles. The summed E-state index contributed by atoms with van der Waals surface area (Å²) >= 11 is 0. The Labute approximate surface area is 110 Å². The molecule has 20 heavy (non-hydrogen) atoms. The summed E-state index contributed by atoms with van der Waals surface area (Å²) in [4.78, 5) is 22.4. The summed E-state index contributed by atoms with van der Waals surface area (Å²) in [5.41, 5.74) is 0. The molecule has 0 radical (unpaired) electrons. The normalized spacial score (nSPS) is 15.7. The van der Waals surface area contributed by atoms with Gasteiger partial charge in [-0.2, -0.15) is 0 Å². The van der Waals surface area contributed by atoms with E-state index >= 15 is 0 Å². The average molecular weight is 309 g/mol. The predicted molar refractivity (Wildman–Crippen MR) is 56.9 cm³/mol. The summed E-state index contributed by atoms with van der Waals surface area (Å²) in [7, 11) is -4.69. The summed E-state index contributed by atoms with van der Waals surface area (Å²) in [6.45, 7) is -0.622. The number of hydrazine groups is 1. The molecule has 1 aromatic rings. The van der Waals surface area contributed by atoms with Crippen molar-refractivity contribution in [1.29, 1.82) is 0 Å². The maximum atomic E-state index is 13.4. The first kappa shape index (κ1) is 14.3. The van der Waals surface area contributed by atoms with Gasteiger partial charge in [0, 0.05) is 0 Å². The average Bonchev–Trinajstić information content (AvgIpc) is 2.63. The number of benzene rings is 1. The second-order valence-electron chi connectivity index (χ2n) is 3.71. The minimum Gasteiger partial charge on any atom is -0.275 e. The van der Waals surface area contributed by atoms with E-state index in [0.29, 0.717) is 17.1 Å². The molecule has 1 aromatic carbocycles. The van der Waals surface area contributed by atoms with Crippen molar-refractivity contribution < 1.29 is 31.2 Å². The van der Waals surface area contributed by atoms with Gasteiger partial charge in [-0.1, -0.05) is 0 Å². The van der Waals surface area contributed by atoms with Crippen LogP contribution in [0.2, 0.25) is 0 Å². The van der Waals surface area contributed by atoms with Crippen LogP contribution in [0.3, 0.4) is 0 Å². The minimum atomic E-state index is -4.69. The standard InChI is InChI=1S/C9H6F3N3O4S/c10-4-1-2-5(8(12)7(4)11)20(18,19)14-15-3-6(16)13-9(15)17/h1-2,14H,3H2,(H,13,16,17). The topological polar surface area (TPSA) is 95.6 Å². The molecule has 2 N–H and O–H groups in total. The lowest BCUT2D eigenvalue weighted by molar-refractivity contribution is -0.118. The molecule has 0 atom stereocenters. The van der Waals surface area contributed by atoms with E-state index in [2.05, 4.69) is 0 Å². The molecule has 1 heterocycles. The van der Waals surface area contributed by atoms with Crippen molar-refractivity contribution in [3.8, 4) is 0 Å². The molecule has 1 saturated heterocycles. The van der Waals surface area contributed by atoms with Crippen molar-refractivity contribution >= 4 is 22.0 Å². The van der Waals surface area contributed by atoms with E-state index in [1.807, 2.05) is 0 Å². The molecule has 2 rings (SSSR count). The molecule has 0 aliphatic carbocycles. The van der Waals surface area contributed by atoms with Gasteiger partial charge in [0.1, 0.15) is 11.4 Å². The van der Waals surface area contributed by atoms with Crippen LogP contribution in [0.1, 0.15) is 0 Å². The Morgan fingerprint density at radius 3 is 2.35 bits per heavy atom. The zero-order valence-electron chi connectivity index (χ0n) is 9.48. The van der Waals surface area contributed by atoms with Crippen LogP contribution in [-0.2, 0) is 14.8 Å². The van der Waals surface area contributed by atoms with Gasteiger partial charge in [0.25, 0.3) is 10.0 Å². The van der Waals surface area contributed by atoms with Crippen LogP contribution in [-0.4, -0.2) is 31.9 Å². The molecule has 0 aromatic heterocycles. The van der Waals surface area contributed by atoms with E-state index in [-0.39, 0.29) is 0 Å². The molecule has 0 unspecified atom stereocenters. The number of nitrogens with zero attached hydrogens (tertiary/aromatic N) is 1. The number of sulfonamides is 1. The van der Waals surface area contributed by atoms with E-state index < -0.39 is 50.9 Å².